The predicted octanol–water partition coefficient (Wildman–Crippen LogP) is 1.61. The van der Waals surface area contributed by atoms with Crippen LogP contribution in [0.25, 0.3) is 0 Å². The fourth-order valence-corrected chi connectivity index (χ4v) is 1.57. The molecule has 0 atom stereocenters. The first-order valence-electron chi connectivity index (χ1n) is 6.15. The van der Waals surface area contributed by atoms with E-state index in [0.717, 1.165) is 37.4 Å². The average Bonchev–Trinajstić information content (AvgIpc) is 2.90. The van der Waals surface area contributed by atoms with Crippen LogP contribution in [0.3, 0.4) is 0 Å². The maximum absolute atomic E-state index is 4.19. The molecule has 0 radical (unpaired) electrons. The van der Waals surface area contributed by atoms with E-state index >= 15 is 0 Å². The molecule has 2 aromatic heterocycles. The Bertz CT molecular complexity index is 453. The molecule has 0 saturated heterocycles. The van der Waals surface area contributed by atoms with Crippen LogP contribution < -0.4 is 10.6 Å². The van der Waals surface area contributed by atoms with Crippen molar-refractivity contribution in [3.05, 3.63) is 30.9 Å². The van der Waals surface area contributed by atoms with Crippen LogP contribution >= 0.6 is 0 Å². The van der Waals surface area contributed by atoms with Crippen molar-refractivity contribution in [2.45, 2.75) is 19.9 Å². The van der Waals surface area contributed by atoms with E-state index in [2.05, 4.69) is 38.9 Å². The first kappa shape index (κ1) is 12.3. The molecule has 2 aromatic rings. The molecule has 2 rings (SSSR count). The Morgan fingerprint density at radius 1 is 1.17 bits per heavy atom. The van der Waals surface area contributed by atoms with E-state index in [9.17, 15) is 0 Å². The third-order valence-corrected chi connectivity index (χ3v) is 2.46. The molecule has 0 bridgehead atoms. The molecule has 0 aliphatic heterocycles. The number of hydrogen-bond acceptors (Lipinski definition) is 5. The predicted molar refractivity (Wildman–Crippen MR) is 71.5 cm³/mol. The minimum atomic E-state index is 0.784. The summed E-state index contributed by atoms with van der Waals surface area (Å²) in [5, 5.41) is 14.3. The first-order valence-corrected chi connectivity index (χ1v) is 6.15. The van der Waals surface area contributed by atoms with Gasteiger partial charge in [-0.05, 0) is 12.5 Å². The fourth-order valence-electron chi connectivity index (χ4n) is 1.57. The van der Waals surface area contributed by atoms with E-state index in [1.54, 1.807) is 10.9 Å². The summed E-state index contributed by atoms with van der Waals surface area (Å²) in [7, 11) is 0. The highest BCUT2D eigenvalue weighted by molar-refractivity contribution is 5.53. The number of hydrogen-bond donors (Lipinski definition) is 2. The maximum atomic E-state index is 4.19. The van der Waals surface area contributed by atoms with Crippen molar-refractivity contribution in [3.63, 3.8) is 0 Å². The van der Waals surface area contributed by atoms with E-state index in [4.69, 9.17) is 0 Å². The van der Waals surface area contributed by atoms with Gasteiger partial charge in [-0.1, -0.05) is 12.1 Å². The second-order valence-electron chi connectivity index (χ2n) is 3.98. The molecule has 0 unspecified atom stereocenters. The van der Waals surface area contributed by atoms with Gasteiger partial charge in [0.1, 0.15) is 0 Å². The average molecular weight is 246 g/mol. The van der Waals surface area contributed by atoms with Crippen LogP contribution in [0.15, 0.2) is 30.9 Å². The van der Waals surface area contributed by atoms with Gasteiger partial charge >= 0.3 is 0 Å². The first-order chi connectivity index (χ1) is 8.88. The van der Waals surface area contributed by atoms with Crippen molar-refractivity contribution in [1.82, 2.24) is 20.0 Å². The highest BCUT2D eigenvalue weighted by Crippen LogP contribution is 2.12. The lowest BCUT2D eigenvalue weighted by Crippen LogP contribution is -2.11. The van der Waals surface area contributed by atoms with Crippen molar-refractivity contribution in [3.8, 4) is 0 Å². The Morgan fingerprint density at radius 3 is 2.61 bits per heavy atom. The summed E-state index contributed by atoms with van der Waals surface area (Å²) in [5.74, 6) is 0. The third-order valence-electron chi connectivity index (χ3n) is 2.46. The molecule has 0 saturated carbocycles. The van der Waals surface area contributed by atoms with Gasteiger partial charge in [-0.3, -0.25) is 9.67 Å². The number of pyridine rings is 1. The van der Waals surface area contributed by atoms with Gasteiger partial charge in [0.05, 0.1) is 36.5 Å². The van der Waals surface area contributed by atoms with Gasteiger partial charge in [0.15, 0.2) is 0 Å². The lowest BCUT2D eigenvalue weighted by molar-refractivity contribution is 0.609. The molecule has 0 aliphatic carbocycles. The Hall–Kier alpha value is -2.11. The van der Waals surface area contributed by atoms with Crippen LogP contribution in [-0.4, -0.2) is 33.1 Å². The topological polar surface area (TPSA) is 67.7 Å². The van der Waals surface area contributed by atoms with E-state index in [1.165, 1.54) is 0 Å². The number of anilines is 2. The highest BCUT2D eigenvalue weighted by Gasteiger charge is 1.96. The molecule has 6 heteroatoms. The smallest absolute Gasteiger partial charge is 0.0692 e. The van der Waals surface area contributed by atoms with Gasteiger partial charge in [-0.25, -0.2) is 0 Å². The van der Waals surface area contributed by atoms with Gasteiger partial charge in [0, 0.05) is 19.3 Å². The Labute approximate surface area is 106 Å². The Morgan fingerprint density at radius 2 is 1.94 bits per heavy atom. The van der Waals surface area contributed by atoms with Crippen molar-refractivity contribution in [2.75, 3.05) is 23.7 Å². The molecule has 18 heavy (non-hydrogen) atoms. The summed E-state index contributed by atoms with van der Waals surface area (Å²) in [4.78, 5) is 4.19. The van der Waals surface area contributed by atoms with Crippen LogP contribution in [0.1, 0.15) is 13.3 Å². The van der Waals surface area contributed by atoms with Crippen LogP contribution in [0.5, 0.6) is 0 Å². The summed E-state index contributed by atoms with van der Waals surface area (Å²) in [6, 6.07) is 2.06. The molecule has 96 valence electrons. The van der Waals surface area contributed by atoms with Crippen molar-refractivity contribution >= 4 is 11.4 Å². The van der Waals surface area contributed by atoms with Gasteiger partial charge < -0.3 is 10.6 Å². The minimum Gasteiger partial charge on any atom is -0.384 e. The number of aromatic nitrogens is 4. The zero-order valence-corrected chi connectivity index (χ0v) is 10.5. The fraction of sp³-hybridized carbons (Fsp3) is 0.417. The normalized spacial score (nSPS) is 10.3. The van der Waals surface area contributed by atoms with E-state index in [0.29, 0.717) is 0 Å². The van der Waals surface area contributed by atoms with E-state index in [-0.39, 0.29) is 0 Å². The Kier molecular flexibility index (Phi) is 4.52. The summed E-state index contributed by atoms with van der Waals surface area (Å²) >= 11 is 0. The monoisotopic (exact) mass is 246 g/mol. The lowest BCUT2D eigenvalue weighted by Gasteiger charge is -2.08. The third kappa shape index (κ3) is 3.73. The molecule has 0 fully saturated rings. The van der Waals surface area contributed by atoms with Crippen LogP contribution in [0.4, 0.5) is 11.4 Å². The zero-order valence-electron chi connectivity index (χ0n) is 10.5. The number of rotatable bonds is 7. The highest BCUT2D eigenvalue weighted by atomic mass is 15.4. The standard InChI is InChI=1S/C12H18N6/c1-2-3-14-11-8-12(10-13-9-11)15-4-6-18-7-5-16-17-18/h5,7-10,14-15H,2-4,6H2,1H3. The molecule has 6 nitrogen and oxygen atoms in total. The molecule has 0 spiro atoms. The van der Waals surface area contributed by atoms with Gasteiger partial charge in [0.25, 0.3) is 0 Å². The Balaban J connectivity index is 1.81. The molecule has 0 aromatic carbocycles. The SMILES string of the molecule is CCCNc1cncc(NCCn2ccnn2)c1. The number of nitrogens with zero attached hydrogens (tertiary/aromatic N) is 4. The zero-order chi connectivity index (χ0) is 12.6. The summed E-state index contributed by atoms with van der Waals surface area (Å²) in [6.07, 6.45) is 8.27. The summed E-state index contributed by atoms with van der Waals surface area (Å²) < 4.78 is 1.79. The molecule has 0 amide bonds. The lowest BCUT2D eigenvalue weighted by atomic mass is 10.3. The second-order valence-corrected chi connectivity index (χ2v) is 3.98. The molecule has 2 N–H and O–H groups in total. The largest absolute Gasteiger partial charge is 0.384 e. The van der Waals surface area contributed by atoms with E-state index in [1.807, 2.05) is 18.6 Å². The number of nitrogens with one attached hydrogen (secondary N) is 2. The minimum absolute atomic E-state index is 0.784. The van der Waals surface area contributed by atoms with E-state index < -0.39 is 0 Å². The molecule has 2 heterocycles. The van der Waals surface area contributed by atoms with Crippen LogP contribution in [0.2, 0.25) is 0 Å². The van der Waals surface area contributed by atoms with Crippen molar-refractivity contribution in [2.24, 2.45) is 0 Å². The van der Waals surface area contributed by atoms with Crippen LogP contribution in [-0.2, 0) is 6.54 Å². The molecular weight excluding hydrogens is 228 g/mol. The van der Waals surface area contributed by atoms with Crippen LogP contribution in [0, 0.1) is 0 Å². The maximum Gasteiger partial charge on any atom is 0.0692 e. The van der Waals surface area contributed by atoms with Crippen molar-refractivity contribution in [1.29, 1.82) is 0 Å². The quantitative estimate of drug-likeness (QED) is 0.777. The van der Waals surface area contributed by atoms with Gasteiger partial charge in [-0.15, -0.1) is 5.10 Å². The molecular formula is C12H18N6. The van der Waals surface area contributed by atoms with Crippen molar-refractivity contribution < 1.29 is 0 Å². The van der Waals surface area contributed by atoms with Gasteiger partial charge in [-0.2, -0.15) is 0 Å². The summed E-state index contributed by atoms with van der Waals surface area (Å²) in [6.45, 7) is 4.68. The van der Waals surface area contributed by atoms with Gasteiger partial charge in [0.2, 0.25) is 0 Å². The second kappa shape index (κ2) is 6.58. The summed E-state index contributed by atoms with van der Waals surface area (Å²) in [5.41, 5.74) is 2.05. The molecule has 0 aliphatic rings.